The van der Waals surface area contributed by atoms with Gasteiger partial charge in [0.1, 0.15) is 5.75 Å². The van der Waals surface area contributed by atoms with Crippen molar-refractivity contribution >= 4 is 29.9 Å². The number of benzene rings is 1. The van der Waals surface area contributed by atoms with Crippen LogP contribution >= 0.6 is 24.0 Å². The number of guanidine groups is 1. The van der Waals surface area contributed by atoms with Gasteiger partial charge in [-0.05, 0) is 63.7 Å². The van der Waals surface area contributed by atoms with Crippen molar-refractivity contribution < 1.29 is 9.47 Å². The highest BCUT2D eigenvalue weighted by Gasteiger charge is 2.20. The van der Waals surface area contributed by atoms with Gasteiger partial charge >= 0.3 is 0 Å². The molecule has 2 atom stereocenters. The van der Waals surface area contributed by atoms with E-state index in [1.165, 1.54) is 31.5 Å². The minimum absolute atomic E-state index is 0. The quantitative estimate of drug-likeness (QED) is 0.296. The van der Waals surface area contributed by atoms with Crippen LogP contribution in [0.3, 0.4) is 0 Å². The number of aliphatic imine (C=N–C) groups is 1. The SMILES string of the molecule is CN=C(NCc1ccc(C)cc1OCC1CCOC1)NCC(C)N1CCC(C)CC1.I. The first-order chi connectivity index (χ1) is 14.5. The molecule has 31 heavy (non-hydrogen) atoms. The van der Waals surface area contributed by atoms with Crippen molar-refractivity contribution in [3.8, 4) is 5.75 Å². The number of ether oxygens (including phenoxy) is 2. The van der Waals surface area contributed by atoms with Crippen molar-refractivity contribution in [1.82, 2.24) is 15.5 Å². The number of piperidine rings is 1. The lowest BCUT2D eigenvalue weighted by molar-refractivity contribution is 0.147. The molecule has 0 spiro atoms. The van der Waals surface area contributed by atoms with E-state index in [0.29, 0.717) is 18.5 Å². The number of rotatable bonds is 8. The van der Waals surface area contributed by atoms with Crippen LogP contribution in [-0.4, -0.2) is 63.4 Å². The van der Waals surface area contributed by atoms with Gasteiger partial charge in [0.25, 0.3) is 0 Å². The molecule has 2 heterocycles. The molecule has 2 unspecified atom stereocenters. The van der Waals surface area contributed by atoms with Crippen LogP contribution < -0.4 is 15.4 Å². The summed E-state index contributed by atoms with van der Waals surface area (Å²) in [6.45, 7) is 13.1. The molecule has 0 radical (unpaired) electrons. The monoisotopic (exact) mass is 544 g/mol. The fourth-order valence-corrected chi connectivity index (χ4v) is 4.11. The minimum Gasteiger partial charge on any atom is -0.493 e. The van der Waals surface area contributed by atoms with E-state index in [0.717, 1.165) is 56.0 Å². The number of likely N-dealkylation sites (tertiary alicyclic amines) is 1. The van der Waals surface area contributed by atoms with Gasteiger partial charge in [-0.1, -0.05) is 19.1 Å². The van der Waals surface area contributed by atoms with Gasteiger partial charge in [-0.15, -0.1) is 24.0 Å². The van der Waals surface area contributed by atoms with Crippen molar-refractivity contribution in [2.45, 2.75) is 52.6 Å². The van der Waals surface area contributed by atoms with Gasteiger partial charge in [0, 0.05) is 44.3 Å². The predicted molar refractivity (Wildman–Crippen MR) is 139 cm³/mol. The Morgan fingerprint density at radius 2 is 2.03 bits per heavy atom. The van der Waals surface area contributed by atoms with Crippen LogP contribution in [0.1, 0.15) is 44.2 Å². The lowest BCUT2D eigenvalue weighted by atomic mass is 9.98. The number of hydrogen-bond acceptors (Lipinski definition) is 4. The van der Waals surface area contributed by atoms with Crippen molar-refractivity contribution in [3.63, 3.8) is 0 Å². The lowest BCUT2D eigenvalue weighted by Crippen LogP contribution is -2.48. The largest absolute Gasteiger partial charge is 0.493 e. The van der Waals surface area contributed by atoms with Crippen molar-refractivity contribution in [1.29, 1.82) is 0 Å². The van der Waals surface area contributed by atoms with Gasteiger partial charge in [0.05, 0.1) is 13.2 Å². The number of nitrogens with one attached hydrogen (secondary N) is 2. The van der Waals surface area contributed by atoms with Crippen LogP contribution in [-0.2, 0) is 11.3 Å². The van der Waals surface area contributed by atoms with Crippen molar-refractivity contribution in [2.75, 3.05) is 46.5 Å². The third-order valence-corrected chi connectivity index (χ3v) is 6.40. The van der Waals surface area contributed by atoms with E-state index < -0.39 is 0 Å². The summed E-state index contributed by atoms with van der Waals surface area (Å²) in [5.74, 6) is 3.16. The van der Waals surface area contributed by atoms with Crippen LogP contribution in [0.5, 0.6) is 5.75 Å². The summed E-state index contributed by atoms with van der Waals surface area (Å²) < 4.78 is 11.6. The van der Waals surface area contributed by atoms with Crippen LogP contribution in [0.4, 0.5) is 0 Å². The fourth-order valence-electron chi connectivity index (χ4n) is 4.11. The summed E-state index contributed by atoms with van der Waals surface area (Å²) in [6, 6.07) is 6.91. The van der Waals surface area contributed by atoms with Crippen molar-refractivity contribution in [2.24, 2.45) is 16.8 Å². The average Bonchev–Trinajstić information content (AvgIpc) is 3.27. The van der Waals surface area contributed by atoms with Crippen LogP contribution in [0.15, 0.2) is 23.2 Å². The molecule has 0 amide bonds. The van der Waals surface area contributed by atoms with Gasteiger partial charge in [-0.3, -0.25) is 9.89 Å². The highest BCUT2D eigenvalue weighted by Crippen LogP contribution is 2.23. The van der Waals surface area contributed by atoms with E-state index in [4.69, 9.17) is 9.47 Å². The second kappa shape index (κ2) is 13.5. The first-order valence-electron chi connectivity index (χ1n) is 11.5. The van der Waals surface area contributed by atoms with E-state index in [1.54, 1.807) is 0 Å². The van der Waals surface area contributed by atoms with Crippen LogP contribution in [0, 0.1) is 18.8 Å². The highest BCUT2D eigenvalue weighted by molar-refractivity contribution is 14.0. The van der Waals surface area contributed by atoms with Crippen LogP contribution in [0.25, 0.3) is 0 Å². The minimum atomic E-state index is 0. The number of aryl methyl sites for hydroxylation is 1. The smallest absolute Gasteiger partial charge is 0.191 e. The summed E-state index contributed by atoms with van der Waals surface area (Å²) in [6.07, 6.45) is 3.70. The first-order valence-corrected chi connectivity index (χ1v) is 11.5. The zero-order valence-corrected chi connectivity index (χ0v) is 22.0. The Balaban J connectivity index is 0.00000341. The van der Waals surface area contributed by atoms with E-state index >= 15 is 0 Å². The second-order valence-corrected chi connectivity index (χ2v) is 9.03. The maximum absolute atomic E-state index is 6.17. The molecule has 0 aliphatic carbocycles. The van der Waals surface area contributed by atoms with E-state index in [-0.39, 0.29) is 24.0 Å². The summed E-state index contributed by atoms with van der Waals surface area (Å²) in [5.41, 5.74) is 2.36. The van der Waals surface area contributed by atoms with Crippen LogP contribution in [0.2, 0.25) is 0 Å². The molecule has 0 aromatic heterocycles. The first kappa shape index (κ1) is 26.2. The van der Waals surface area contributed by atoms with Crippen molar-refractivity contribution in [3.05, 3.63) is 29.3 Å². The Kier molecular flexibility index (Phi) is 11.4. The topological polar surface area (TPSA) is 58.1 Å². The maximum Gasteiger partial charge on any atom is 0.191 e. The Hall–Kier alpha value is -1.06. The lowest BCUT2D eigenvalue weighted by Gasteiger charge is -2.35. The molecule has 1 aromatic rings. The van der Waals surface area contributed by atoms with E-state index in [9.17, 15) is 0 Å². The maximum atomic E-state index is 6.17. The molecular formula is C24H41IN4O2. The molecule has 2 fully saturated rings. The zero-order valence-electron chi connectivity index (χ0n) is 19.7. The molecule has 176 valence electrons. The van der Waals surface area contributed by atoms with Gasteiger partial charge in [-0.2, -0.15) is 0 Å². The Morgan fingerprint density at radius 3 is 2.71 bits per heavy atom. The summed E-state index contributed by atoms with van der Waals surface area (Å²) in [5, 5.41) is 6.95. The zero-order chi connectivity index (χ0) is 21.3. The molecule has 2 N–H and O–H groups in total. The molecule has 2 saturated heterocycles. The predicted octanol–water partition coefficient (Wildman–Crippen LogP) is 3.81. The molecule has 0 bridgehead atoms. The number of hydrogen-bond donors (Lipinski definition) is 2. The summed E-state index contributed by atoms with van der Waals surface area (Å²) in [7, 11) is 1.83. The molecular weight excluding hydrogens is 503 g/mol. The number of nitrogens with zero attached hydrogens (tertiary/aromatic N) is 2. The fraction of sp³-hybridized carbons (Fsp3) is 0.708. The van der Waals surface area contributed by atoms with Gasteiger partial charge < -0.3 is 20.1 Å². The third kappa shape index (κ3) is 8.42. The molecule has 1 aromatic carbocycles. The standard InChI is InChI=1S/C24H40N4O2.HI/c1-18-7-10-28(11-8-18)20(3)14-26-24(25-4)27-15-22-6-5-19(2)13-23(22)30-17-21-9-12-29-16-21;/h5-6,13,18,20-21H,7-12,14-17H2,1-4H3,(H2,25,26,27);1H. The Labute approximate surface area is 205 Å². The van der Waals surface area contributed by atoms with E-state index in [1.807, 2.05) is 7.05 Å². The molecule has 0 saturated carbocycles. The highest BCUT2D eigenvalue weighted by atomic mass is 127. The molecule has 2 aliphatic heterocycles. The van der Waals surface area contributed by atoms with Gasteiger partial charge in [0.2, 0.25) is 0 Å². The summed E-state index contributed by atoms with van der Waals surface area (Å²) >= 11 is 0. The summed E-state index contributed by atoms with van der Waals surface area (Å²) in [4.78, 5) is 6.99. The number of halogens is 1. The second-order valence-electron chi connectivity index (χ2n) is 9.03. The van der Waals surface area contributed by atoms with Gasteiger partial charge in [0.15, 0.2) is 5.96 Å². The molecule has 7 heteroatoms. The molecule has 6 nitrogen and oxygen atoms in total. The average molecular weight is 545 g/mol. The molecule has 3 rings (SSSR count). The third-order valence-electron chi connectivity index (χ3n) is 6.40. The van der Waals surface area contributed by atoms with E-state index in [2.05, 4.69) is 59.5 Å². The normalized spacial score (nSPS) is 21.4. The van der Waals surface area contributed by atoms with Gasteiger partial charge in [-0.25, -0.2) is 0 Å². The Morgan fingerprint density at radius 1 is 1.26 bits per heavy atom. The Bertz CT molecular complexity index is 686. The molecule has 2 aliphatic rings.